The molecule has 7 heteroatoms. The van der Waals surface area contributed by atoms with Crippen LogP contribution in [-0.4, -0.2) is 15.8 Å². The molecule has 1 heterocycles. The summed E-state index contributed by atoms with van der Waals surface area (Å²) in [6.07, 6.45) is 0. The number of pyridine rings is 1. The largest absolute Gasteiger partial charge is 0.364 e. The molecule has 0 saturated carbocycles. The maximum absolute atomic E-state index is 10.7. The highest BCUT2D eigenvalue weighted by molar-refractivity contribution is 9.10. The highest BCUT2D eigenvalue weighted by atomic mass is 79.9. The zero-order valence-electron chi connectivity index (χ0n) is 6.23. The number of primary amides is 1. The summed E-state index contributed by atoms with van der Waals surface area (Å²) in [5, 5.41) is 10.4. The average molecular weight is 246 g/mol. The number of halogens is 1. The fourth-order valence-corrected chi connectivity index (χ4v) is 1.07. The fraction of sp³-hybridized carbons (Fsp3) is 0. The van der Waals surface area contributed by atoms with E-state index in [1.54, 1.807) is 0 Å². The van der Waals surface area contributed by atoms with Crippen molar-refractivity contribution in [2.24, 2.45) is 5.73 Å². The van der Waals surface area contributed by atoms with Crippen LogP contribution >= 0.6 is 15.9 Å². The van der Waals surface area contributed by atoms with Crippen LogP contribution in [0.3, 0.4) is 0 Å². The Morgan fingerprint density at radius 1 is 1.62 bits per heavy atom. The van der Waals surface area contributed by atoms with Crippen molar-refractivity contribution in [3.63, 3.8) is 0 Å². The molecule has 0 bridgehead atoms. The van der Waals surface area contributed by atoms with Crippen LogP contribution in [0.5, 0.6) is 0 Å². The van der Waals surface area contributed by atoms with Gasteiger partial charge in [-0.1, -0.05) is 0 Å². The number of nitrogens with two attached hydrogens (primary N) is 1. The maximum atomic E-state index is 10.7. The van der Waals surface area contributed by atoms with E-state index in [2.05, 4.69) is 20.9 Å². The number of amides is 1. The van der Waals surface area contributed by atoms with Gasteiger partial charge in [0.05, 0.1) is 4.92 Å². The summed E-state index contributed by atoms with van der Waals surface area (Å²) in [6.45, 7) is 0. The maximum Gasteiger partial charge on any atom is 0.300 e. The topological polar surface area (TPSA) is 99.1 Å². The molecule has 0 fully saturated rings. The molecule has 6 nitrogen and oxygen atoms in total. The molecular weight excluding hydrogens is 242 g/mol. The minimum atomic E-state index is -0.923. The quantitative estimate of drug-likeness (QED) is 0.475. The molecule has 1 aromatic heterocycles. The number of nitro groups is 1. The molecule has 1 aromatic rings. The Kier molecular flexibility index (Phi) is 2.57. The molecular formula is C6H4BrN3O3. The number of nitrogens with zero attached hydrogens (tertiary/aromatic N) is 2. The zero-order valence-corrected chi connectivity index (χ0v) is 7.82. The first-order chi connectivity index (χ1) is 6.02. The Bertz CT molecular complexity index is 379. The minimum Gasteiger partial charge on any atom is -0.364 e. The van der Waals surface area contributed by atoms with E-state index in [1.165, 1.54) is 6.07 Å². The van der Waals surface area contributed by atoms with Crippen LogP contribution in [0.2, 0.25) is 0 Å². The highest BCUT2D eigenvalue weighted by Crippen LogP contribution is 2.18. The lowest BCUT2D eigenvalue weighted by atomic mass is 10.3. The normalized spacial score (nSPS) is 9.62. The molecule has 0 saturated heterocycles. The van der Waals surface area contributed by atoms with Crippen LogP contribution in [-0.2, 0) is 0 Å². The van der Waals surface area contributed by atoms with Gasteiger partial charge in [0.1, 0.15) is 4.60 Å². The molecule has 0 aliphatic rings. The van der Waals surface area contributed by atoms with E-state index in [4.69, 9.17) is 5.73 Å². The molecule has 0 atom stereocenters. The third kappa shape index (κ3) is 2.00. The van der Waals surface area contributed by atoms with Crippen LogP contribution in [0.25, 0.3) is 0 Å². The standard InChI is InChI=1S/C6H4BrN3O3/c7-4-2-1-3(10(12)13)5(9-4)6(8)11/h1-2H,(H2,8,11). The molecule has 0 aromatic carbocycles. The smallest absolute Gasteiger partial charge is 0.300 e. The van der Waals surface area contributed by atoms with Gasteiger partial charge in [0.2, 0.25) is 5.69 Å². The number of aromatic nitrogens is 1. The molecule has 1 rings (SSSR count). The monoisotopic (exact) mass is 245 g/mol. The molecule has 13 heavy (non-hydrogen) atoms. The van der Waals surface area contributed by atoms with Crippen LogP contribution in [0, 0.1) is 10.1 Å². The Balaban J connectivity index is 3.35. The Hall–Kier alpha value is -1.50. The minimum absolute atomic E-state index is 0.326. The number of carbonyl (C=O) groups is 1. The molecule has 0 aliphatic carbocycles. The van der Waals surface area contributed by atoms with Crippen molar-refractivity contribution in [2.75, 3.05) is 0 Å². The fourth-order valence-electron chi connectivity index (χ4n) is 0.757. The molecule has 0 aliphatic heterocycles. The number of rotatable bonds is 2. The van der Waals surface area contributed by atoms with Crippen molar-refractivity contribution in [1.29, 1.82) is 0 Å². The van der Waals surface area contributed by atoms with Crippen molar-refractivity contribution in [3.05, 3.63) is 32.5 Å². The SMILES string of the molecule is NC(=O)c1nc(Br)ccc1[N+](=O)[O-]. The van der Waals surface area contributed by atoms with Crippen LogP contribution in [0.1, 0.15) is 10.5 Å². The lowest BCUT2D eigenvalue weighted by Crippen LogP contribution is -2.15. The molecule has 0 radical (unpaired) electrons. The van der Waals surface area contributed by atoms with E-state index in [9.17, 15) is 14.9 Å². The third-order valence-corrected chi connectivity index (χ3v) is 1.71. The van der Waals surface area contributed by atoms with Crippen LogP contribution in [0.15, 0.2) is 16.7 Å². The van der Waals surface area contributed by atoms with Crippen molar-refractivity contribution >= 4 is 27.5 Å². The second-order valence-corrected chi connectivity index (χ2v) is 2.94. The van der Waals surface area contributed by atoms with Gasteiger partial charge in [0.15, 0.2) is 0 Å². The lowest BCUT2D eigenvalue weighted by molar-refractivity contribution is -0.385. The van der Waals surface area contributed by atoms with Gasteiger partial charge in [-0.15, -0.1) is 0 Å². The summed E-state index contributed by atoms with van der Waals surface area (Å²) in [5.74, 6) is -0.923. The van der Waals surface area contributed by atoms with Crippen LogP contribution in [0.4, 0.5) is 5.69 Å². The number of carbonyl (C=O) groups excluding carboxylic acids is 1. The lowest BCUT2D eigenvalue weighted by Gasteiger charge is -1.97. The van der Waals surface area contributed by atoms with Gasteiger partial charge >= 0.3 is 5.69 Å². The number of hydrogen-bond donors (Lipinski definition) is 1. The first-order valence-corrected chi connectivity index (χ1v) is 3.92. The van der Waals surface area contributed by atoms with E-state index in [-0.39, 0.29) is 5.69 Å². The predicted octanol–water partition coefficient (Wildman–Crippen LogP) is 0.851. The zero-order chi connectivity index (χ0) is 10.0. The van der Waals surface area contributed by atoms with Gasteiger partial charge in [0, 0.05) is 6.07 Å². The van der Waals surface area contributed by atoms with Crippen molar-refractivity contribution < 1.29 is 9.72 Å². The Morgan fingerprint density at radius 3 is 2.69 bits per heavy atom. The first kappa shape index (κ1) is 9.59. The second kappa shape index (κ2) is 3.48. The van der Waals surface area contributed by atoms with Crippen molar-refractivity contribution in [2.45, 2.75) is 0 Å². The average Bonchev–Trinajstić information content (AvgIpc) is 2.03. The number of hydrogen-bond acceptors (Lipinski definition) is 4. The van der Waals surface area contributed by atoms with Gasteiger partial charge in [0.25, 0.3) is 5.91 Å². The predicted molar refractivity (Wildman–Crippen MR) is 47.1 cm³/mol. The molecule has 2 N–H and O–H groups in total. The van der Waals surface area contributed by atoms with Crippen LogP contribution < -0.4 is 5.73 Å². The summed E-state index contributed by atoms with van der Waals surface area (Å²) in [5.41, 5.74) is 4.15. The summed E-state index contributed by atoms with van der Waals surface area (Å²) in [4.78, 5) is 24.0. The Morgan fingerprint density at radius 2 is 2.23 bits per heavy atom. The summed E-state index contributed by atoms with van der Waals surface area (Å²) >= 11 is 2.97. The molecule has 0 spiro atoms. The van der Waals surface area contributed by atoms with E-state index in [0.29, 0.717) is 4.60 Å². The van der Waals surface area contributed by atoms with Gasteiger partial charge in [-0.3, -0.25) is 14.9 Å². The van der Waals surface area contributed by atoms with Crippen molar-refractivity contribution in [3.8, 4) is 0 Å². The molecule has 1 amide bonds. The summed E-state index contributed by atoms with van der Waals surface area (Å²) in [7, 11) is 0. The van der Waals surface area contributed by atoms with Gasteiger partial charge in [-0.2, -0.15) is 0 Å². The summed E-state index contributed by atoms with van der Waals surface area (Å²) < 4.78 is 0.326. The van der Waals surface area contributed by atoms with Gasteiger partial charge in [-0.25, -0.2) is 4.98 Å². The van der Waals surface area contributed by atoms with E-state index >= 15 is 0 Å². The second-order valence-electron chi connectivity index (χ2n) is 2.12. The third-order valence-electron chi connectivity index (χ3n) is 1.27. The van der Waals surface area contributed by atoms with E-state index in [0.717, 1.165) is 6.07 Å². The van der Waals surface area contributed by atoms with E-state index in [1.807, 2.05) is 0 Å². The van der Waals surface area contributed by atoms with E-state index < -0.39 is 16.5 Å². The summed E-state index contributed by atoms with van der Waals surface area (Å²) in [6, 6.07) is 2.53. The molecule has 68 valence electrons. The van der Waals surface area contributed by atoms with Gasteiger partial charge in [-0.05, 0) is 22.0 Å². The Labute approximate surface area is 81.0 Å². The first-order valence-electron chi connectivity index (χ1n) is 3.13. The molecule has 0 unspecified atom stereocenters. The van der Waals surface area contributed by atoms with Gasteiger partial charge < -0.3 is 5.73 Å². The van der Waals surface area contributed by atoms with Crippen molar-refractivity contribution in [1.82, 2.24) is 4.98 Å². The highest BCUT2D eigenvalue weighted by Gasteiger charge is 2.19.